The summed E-state index contributed by atoms with van der Waals surface area (Å²) in [4.78, 5) is 0. The Bertz CT molecular complexity index is 1940. The lowest BCUT2D eigenvalue weighted by Crippen LogP contribution is -2.28. The highest BCUT2D eigenvalue weighted by molar-refractivity contribution is 7.80. The molecule has 0 atom stereocenters. The van der Waals surface area contributed by atoms with Gasteiger partial charge in [0.25, 0.3) is 0 Å². The summed E-state index contributed by atoms with van der Waals surface area (Å²) >= 11 is 0. The Balaban J connectivity index is 1.70. The number of hydrogen-bond acceptors (Lipinski definition) is 0. The van der Waals surface area contributed by atoms with Gasteiger partial charge in [0.2, 0.25) is 0 Å². The summed E-state index contributed by atoms with van der Waals surface area (Å²) in [6, 6.07) is 35.0. The molecule has 39 heavy (non-hydrogen) atoms. The van der Waals surface area contributed by atoms with E-state index < -0.39 is 36.5 Å². The Hall–Kier alpha value is -4.27. The zero-order valence-corrected chi connectivity index (χ0v) is 21.3. The molecule has 0 spiro atoms. The van der Waals surface area contributed by atoms with Crippen molar-refractivity contribution in [3.8, 4) is 0 Å². The summed E-state index contributed by atoms with van der Waals surface area (Å²) in [7, 11) is -2.10. The highest BCUT2D eigenvalue weighted by atomic mass is 31.1. The molecule has 7 rings (SSSR count). The minimum absolute atomic E-state index is 0.276. The number of benzene rings is 7. The molecule has 0 amide bonds. The molecule has 0 aliphatic carbocycles. The summed E-state index contributed by atoms with van der Waals surface area (Å²) in [5.41, 5.74) is 0. The van der Waals surface area contributed by atoms with Crippen LogP contribution in [0.2, 0.25) is 0 Å². The van der Waals surface area contributed by atoms with Crippen molar-refractivity contribution < 1.29 is 17.6 Å². The van der Waals surface area contributed by atoms with Gasteiger partial charge in [-0.2, -0.15) is 0 Å². The molecule has 0 unspecified atom stereocenters. The maximum absolute atomic E-state index is 15.7. The van der Waals surface area contributed by atoms with E-state index in [1.54, 1.807) is 0 Å². The van der Waals surface area contributed by atoms with Crippen LogP contribution in [-0.4, -0.2) is 0 Å². The zero-order chi connectivity index (χ0) is 26.7. The molecule has 0 aliphatic rings. The van der Waals surface area contributed by atoms with Crippen molar-refractivity contribution >= 4 is 66.9 Å². The predicted octanol–water partition coefficient (Wildman–Crippen LogP) is 8.61. The molecule has 0 radical (unpaired) electrons. The van der Waals surface area contributed by atoms with Gasteiger partial charge in [0.05, 0.1) is 5.30 Å². The second-order valence-electron chi connectivity index (χ2n) is 9.48. The van der Waals surface area contributed by atoms with Gasteiger partial charge in [-0.05, 0) is 73.8 Å². The van der Waals surface area contributed by atoms with E-state index in [9.17, 15) is 8.78 Å². The number of halogens is 4. The van der Waals surface area contributed by atoms with Crippen LogP contribution in [0.4, 0.5) is 17.6 Å². The maximum Gasteiger partial charge on any atom is 0.170 e. The van der Waals surface area contributed by atoms with Gasteiger partial charge in [-0.15, -0.1) is 0 Å². The van der Waals surface area contributed by atoms with E-state index in [0.717, 1.165) is 43.1 Å². The molecular weight excluding hydrogens is 515 g/mol. The van der Waals surface area contributed by atoms with Crippen molar-refractivity contribution in [1.82, 2.24) is 0 Å². The first-order valence-electron chi connectivity index (χ1n) is 12.5. The fourth-order valence-corrected chi connectivity index (χ4v) is 8.32. The number of hydrogen-bond donors (Lipinski definition) is 0. The first-order valence-corrected chi connectivity index (χ1v) is 13.8. The normalized spacial score (nSPS) is 11.8. The number of rotatable bonds is 3. The fraction of sp³-hybridized carbons (Fsp3) is 0. The van der Waals surface area contributed by atoms with Crippen LogP contribution in [0.15, 0.2) is 115 Å². The molecule has 0 heterocycles. The second kappa shape index (κ2) is 9.18. The van der Waals surface area contributed by atoms with Crippen LogP contribution in [0.25, 0.3) is 43.1 Å². The molecule has 5 heteroatoms. The van der Waals surface area contributed by atoms with E-state index in [4.69, 9.17) is 0 Å². The lowest BCUT2D eigenvalue weighted by Gasteiger charge is -2.25. The van der Waals surface area contributed by atoms with Crippen LogP contribution < -0.4 is 15.9 Å². The van der Waals surface area contributed by atoms with Crippen LogP contribution >= 0.6 is 7.92 Å². The first-order chi connectivity index (χ1) is 19.0. The summed E-state index contributed by atoms with van der Waals surface area (Å²) in [6.07, 6.45) is 0. The molecule has 7 aromatic carbocycles. The van der Waals surface area contributed by atoms with Crippen molar-refractivity contribution in [2.24, 2.45) is 0 Å². The van der Waals surface area contributed by atoms with E-state index in [0.29, 0.717) is 10.6 Å². The van der Waals surface area contributed by atoms with Gasteiger partial charge >= 0.3 is 0 Å². The third-order valence-electron chi connectivity index (χ3n) is 7.29. The van der Waals surface area contributed by atoms with Gasteiger partial charge in [0.15, 0.2) is 23.3 Å². The summed E-state index contributed by atoms with van der Waals surface area (Å²) < 4.78 is 61.0. The van der Waals surface area contributed by atoms with E-state index in [1.165, 1.54) is 0 Å². The van der Waals surface area contributed by atoms with Crippen LogP contribution in [0.5, 0.6) is 0 Å². The SMILES string of the molecule is Fc1cc(F)c(F)c(P(c2cc3ccccc3c3ccccc23)c2cc3ccccc3c3ccccc23)c1F. The lowest BCUT2D eigenvalue weighted by atomic mass is 10.0. The van der Waals surface area contributed by atoms with E-state index in [-0.39, 0.29) is 6.07 Å². The van der Waals surface area contributed by atoms with Crippen molar-refractivity contribution in [3.05, 3.63) is 139 Å². The lowest BCUT2D eigenvalue weighted by molar-refractivity contribution is 0.463. The van der Waals surface area contributed by atoms with Gasteiger partial charge in [-0.25, -0.2) is 17.6 Å². The topological polar surface area (TPSA) is 0 Å². The van der Waals surface area contributed by atoms with Gasteiger partial charge < -0.3 is 0 Å². The van der Waals surface area contributed by atoms with Crippen LogP contribution in [0.1, 0.15) is 0 Å². The largest absolute Gasteiger partial charge is 0.204 e. The first kappa shape index (κ1) is 23.8. The maximum atomic E-state index is 15.7. The van der Waals surface area contributed by atoms with Crippen molar-refractivity contribution in [1.29, 1.82) is 0 Å². The molecule has 0 fully saturated rings. The molecule has 0 aliphatic heterocycles. The average Bonchev–Trinajstić information content (AvgIpc) is 2.98. The molecule has 188 valence electrons. The van der Waals surface area contributed by atoms with E-state index in [1.807, 2.05) is 109 Å². The molecule has 0 nitrogen and oxygen atoms in total. The van der Waals surface area contributed by atoms with Gasteiger partial charge in [0.1, 0.15) is 0 Å². The van der Waals surface area contributed by atoms with E-state index in [2.05, 4.69) is 0 Å². The molecule has 0 bridgehead atoms. The third kappa shape index (κ3) is 3.71. The average molecular weight is 534 g/mol. The summed E-state index contributed by atoms with van der Waals surface area (Å²) in [5, 5.41) is 7.77. The Kier molecular flexibility index (Phi) is 5.61. The minimum Gasteiger partial charge on any atom is -0.204 e. The monoisotopic (exact) mass is 534 g/mol. The summed E-state index contributed by atoms with van der Waals surface area (Å²) in [5.74, 6) is -5.55. The Labute approximate surface area is 222 Å². The highest BCUT2D eigenvalue weighted by Gasteiger charge is 2.31. The van der Waals surface area contributed by atoms with Crippen LogP contribution in [0.3, 0.4) is 0 Å². The summed E-state index contributed by atoms with van der Waals surface area (Å²) in [6.45, 7) is 0. The van der Waals surface area contributed by atoms with Crippen molar-refractivity contribution in [2.45, 2.75) is 0 Å². The second-order valence-corrected chi connectivity index (χ2v) is 11.6. The van der Waals surface area contributed by atoms with Crippen LogP contribution in [0, 0.1) is 23.3 Å². The van der Waals surface area contributed by atoms with E-state index >= 15 is 8.78 Å². The molecular formula is C34H19F4P. The van der Waals surface area contributed by atoms with Gasteiger partial charge in [-0.3, -0.25) is 0 Å². The molecule has 7 aromatic rings. The van der Waals surface area contributed by atoms with Crippen molar-refractivity contribution in [3.63, 3.8) is 0 Å². The molecule has 0 saturated heterocycles. The fourth-order valence-electron chi connectivity index (χ4n) is 5.57. The minimum atomic E-state index is -2.10. The predicted molar refractivity (Wildman–Crippen MR) is 155 cm³/mol. The van der Waals surface area contributed by atoms with Crippen LogP contribution in [-0.2, 0) is 0 Å². The Morgan fingerprint density at radius 2 is 0.744 bits per heavy atom. The Morgan fingerprint density at radius 3 is 1.18 bits per heavy atom. The highest BCUT2D eigenvalue weighted by Crippen LogP contribution is 2.43. The standard InChI is InChI=1S/C34H19F4P/c35-28-19-29(36)33(38)34(32(28)37)39(30-17-20-9-1-3-11-22(20)24-13-5-7-15-26(24)30)31-18-21-10-2-4-12-23(21)25-14-6-8-16-27(25)31/h1-19H. The quantitative estimate of drug-likeness (QED) is 0.0922. The number of fused-ring (bicyclic) bond motifs is 6. The third-order valence-corrected chi connectivity index (χ3v) is 9.83. The Morgan fingerprint density at radius 1 is 0.385 bits per heavy atom. The molecule has 0 aromatic heterocycles. The van der Waals surface area contributed by atoms with Gasteiger partial charge in [0, 0.05) is 6.07 Å². The zero-order valence-electron chi connectivity index (χ0n) is 20.4. The van der Waals surface area contributed by atoms with Crippen molar-refractivity contribution in [2.75, 3.05) is 0 Å². The molecule has 0 saturated carbocycles. The van der Waals surface area contributed by atoms with Gasteiger partial charge in [-0.1, -0.05) is 97.1 Å². The molecule has 0 N–H and O–H groups in total. The smallest absolute Gasteiger partial charge is 0.170 e.